The number of methoxy groups -OCH3 is 2. The molecular formula is C14H18N2O2. The zero-order valence-electron chi connectivity index (χ0n) is 10.7. The van der Waals surface area contributed by atoms with Crippen molar-refractivity contribution in [3.05, 3.63) is 23.8 Å². The van der Waals surface area contributed by atoms with E-state index in [9.17, 15) is 0 Å². The molecule has 0 amide bonds. The third-order valence-electron chi connectivity index (χ3n) is 2.99. The van der Waals surface area contributed by atoms with Crippen molar-refractivity contribution in [3.8, 4) is 23.3 Å². The van der Waals surface area contributed by atoms with Crippen LogP contribution in [0.3, 0.4) is 0 Å². The van der Waals surface area contributed by atoms with Crippen LogP contribution in [0.5, 0.6) is 11.5 Å². The molecule has 0 radical (unpaired) electrons. The minimum atomic E-state index is 0.0715. The topological polar surface area (TPSA) is 56.5 Å². The molecule has 3 N–H and O–H groups in total. The Labute approximate surface area is 107 Å². The highest BCUT2D eigenvalue weighted by Crippen LogP contribution is 2.21. The first kappa shape index (κ1) is 12.7. The van der Waals surface area contributed by atoms with Gasteiger partial charge >= 0.3 is 0 Å². The summed E-state index contributed by atoms with van der Waals surface area (Å²) in [6, 6.07) is 5.78. The summed E-state index contributed by atoms with van der Waals surface area (Å²) >= 11 is 0. The second-order valence-electron chi connectivity index (χ2n) is 4.26. The van der Waals surface area contributed by atoms with Crippen molar-refractivity contribution < 1.29 is 9.47 Å². The average Bonchev–Trinajstić information content (AvgIpc) is 2.81. The number of rotatable bonds is 2. The summed E-state index contributed by atoms with van der Waals surface area (Å²) in [5.41, 5.74) is 6.81. The number of nitrogens with one attached hydrogen (secondary N) is 1. The molecule has 4 nitrogen and oxygen atoms in total. The summed E-state index contributed by atoms with van der Waals surface area (Å²) in [4.78, 5) is 0. The van der Waals surface area contributed by atoms with E-state index in [-0.39, 0.29) is 12.1 Å². The lowest BCUT2D eigenvalue weighted by Gasteiger charge is -2.07. The Hall–Kier alpha value is -1.70. The highest BCUT2D eigenvalue weighted by molar-refractivity contribution is 5.46. The molecule has 2 rings (SSSR count). The lowest BCUT2D eigenvalue weighted by atomic mass is 10.1. The first-order valence-corrected chi connectivity index (χ1v) is 5.96. The van der Waals surface area contributed by atoms with Crippen LogP contribution in [-0.2, 0) is 0 Å². The zero-order chi connectivity index (χ0) is 13.0. The summed E-state index contributed by atoms with van der Waals surface area (Å²) in [6.45, 7) is 0.932. The van der Waals surface area contributed by atoms with Crippen molar-refractivity contribution in [2.45, 2.75) is 18.5 Å². The monoisotopic (exact) mass is 246 g/mol. The fraction of sp³-hybridized carbons (Fsp3) is 0.429. The Kier molecular flexibility index (Phi) is 4.08. The van der Waals surface area contributed by atoms with Gasteiger partial charge < -0.3 is 20.5 Å². The molecule has 1 aliphatic rings. The number of hydrogen-bond acceptors (Lipinski definition) is 4. The quantitative estimate of drug-likeness (QED) is 0.756. The summed E-state index contributed by atoms with van der Waals surface area (Å²) in [6.07, 6.45) is 0.973. The van der Waals surface area contributed by atoms with E-state index in [0.29, 0.717) is 0 Å². The normalized spacial score (nSPS) is 22.2. The Morgan fingerprint density at radius 3 is 2.39 bits per heavy atom. The lowest BCUT2D eigenvalue weighted by molar-refractivity contribution is 0.394. The minimum absolute atomic E-state index is 0.0715. The van der Waals surface area contributed by atoms with E-state index >= 15 is 0 Å². The van der Waals surface area contributed by atoms with Gasteiger partial charge in [0, 0.05) is 17.7 Å². The highest BCUT2D eigenvalue weighted by Gasteiger charge is 2.20. The molecule has 18 heavy (non-hydrogen) atoms. The van der Waals surface area contributed by atoms with Crippen LogP contribution in [0, 0.1) is 11.8 Å². The second kappa shape index (κ2) is 5.76. The third kappa shape index (κ3) is 2.95. The summed E-state index contributed by atoms with van der Waals surface area (Å²) in [5, 5.41) is 3.27. The first-order valence-electron chi connectivity index (χ1n) is 5.96. The largest absolute Gasteiger partial charge is 0.497 e. The maximum atomic E-state index is 5.94. The SMILES string of the molecule is COc1cc(C#CC2NCCC2N)cc(OC)c1. The molecule has 0 saturated carbocycles. The van der Waals surface area contributed by atoms with E-state index in [0.717, 1.165) is 30.0 Å². The van der Waals surface area contributed by atoms with Crippen molar-refractivity contribution in [1.82, 2.24) is 5.32 Å². The molecule has 1 aromatic rings. The van der Waals surface area contributed by atoms with Crippen molar-refractivity contribution >= 4 is 0 Å². The Morgan fingerprint density at radius 2 is 1.89 bits per heavy atom. The average molecular weight is 246 g/mol. The van der Waals surface area contributed by atoms with Crippen molar-refractivity contribution in [3.63, 3.8) is 0 Å². The molecule has 1 aliphatic heterocycles. The first-order chi connectivity index (χ1) is 8.72. The van der Waals surface area contributed by atoms with E-state index in [4.69, 9.17) is 15.2 Å². The van der Waals surface area contributed by atoms with Crippen LogP contribution in [0.25, 0.3) is 0 Å². The van der Waals surface area contributed by atoms with Crippen LogP contribution < -0.4 is 20.5 Å². The molecule has 1 aromatic carbocycles. The van der Waals surface area contributed by atoms with Crippen LogP contribution in [0.2, 0.25) is 0 Å². The molecule has 4 heteroatoms. The Bertz CT molecular complexity index is 454. The van der Waals surface area contributed by atoms with Gasteiger partial charge in [-0.1, -0.05) is 11.8 Å². The van der Waals surface area contributed by atoms with Gasteiger partial charge in [-0.05, 0) is 25.1 Å². The molecule has 2 unspecified atom stereocenters. The van der Waals surface area contributed by atoms with Crippen LogP contribution >= 0.6 is 0 Å². The summed E-state index contributed by atoms with van der Waals surface area (Å²) in [7, 11) is 3.25. The predicted molar refractivity (Wildman–Crippen MR) is 70.8 cm³/mol. The smallest absolute Gasteiger partial charge is 0.123 e. The lowest BCUT2D eigenvalue weighted by Crippen LogP contribution is -2.34. The zero-order valence-corrected chi connectivity index (χ0v) is 10.7. The van der Waals surface area contributed by atoms with Gasteiger partial charge in [-0.25, -0.2) is 0 Å². The highest BCUT2D eigenvalue weighted by atomic mass is 16.5. The molecule has 1 saturated heterocycles. The van der Waals surface area contributed by atoms with Gasteiger partial charge in [-0.15, -0.1) is 0 Å². The maximum absolute atomic E-state index is 5.94. The standard InChI is InChI=1S/C14H18N2O2/c1-17-11-7-10(8-12(9-11)18-2)3-4-14-13(15)5-6-16-14/h7-9,13-14,16H,5-6,15H2,1-2H3. The molecule has 96 valence electrons. The van der Waals surface area contributed by atoms with Crippen LogP contribution in [-0.4, -0.2) is 32.8 Å². The Morgan fingerprint density at radius 1 is 1.22 bits per heavy atom. The number of ether oxygens (including phenoxy) is 2. The van der Waals surface area contributed by atoms with Gasteiger partial charge in [0.25, 0.3) is 0 Å². The maximum Gasteiger partial charge on any atom is 0.123 e. The molecule has 1 fully saturated rings. The van der Waals surface area contributed by atoms with Gasteiger partial charge in [-0.2, -0.15) is 0 Å². The Balaban J connectivity index is 2.20. The van der Waals surface area contributed by atoms with Crippen LogP contribution in [0.15, 0.2) is 18.2 Å². The molecular weight excluding hydrogens is 228 g/mol. The number of benzene rings is 1. The van der Waals surface area contributed by atoms with Gasteiger partial charge in [0.2, 0.25) is 0 Å². The molecule has 2 atom stereocenters. The van der Waals surface area contributed by atoms with Crippen molar-refractivity contribution in [1.29, 1.82) is 0 Å². The predicted octanol–water partition coefficient (Wildman–Crippen LogP) is 0.744. The van der Waals surface area contributed by atoms with Gasteiger partial charge in [0.15, 0.2) is 0 Å². The van der Waals surface area contributed by atoms with Gasteiger partial charge in [-0.3, -0.25) is 0 Å². The van der Waals surface area contributed by atoms with E-state index < -0.39 is 0 Å². The van der Waals surface area contributed by atoms with Crippen LogP contribution in [0.1, 0.15) is 12.0 Å². The molecule has 0 bridgehead atoms. The van der Waals surface area contributed by atoms with E-state index in [1.807, 2.05) is 18.2 Å². The minimum Gasteiger partial charge on any atom is -0.497 e. The molecule has 0 spiro atoms. The number of nitrogens with two attached hydrogens (primary N) is 1. The summed E-state index contributed by atoms with van der Waals surface area (Å²) < 4.78 is 10.4. The van der Waals surface area contributed by atoms with E-state index in [1.54, 1.807) is 14.2 Å². The van der Waals surface area contributed by atoms with Crippen molar-refractivity contribution in [2.75, 3.05) is 20.8 Å². The van der Waals surface area contributed by atoms with E-state index in [1.165, 1.54) is 0 Å². The van der Waals surface area contributed by atoms with Gasteiger partial charge in [0.1, 0.15) is 11.5 Å². The summed E-state index contributed by atoms with van der Waals surface area (Å²) in [5.74, 6) is 7.74. The third-order valence-corrected chi connectivity index (χ3v) is 2.99. The second-order valence-corrected chi connectivity index (χ2v) is 4.26. The number of hydrogen-bond donors (Lipinski definition) is 2. The van der Waals surface area contributed by atoms with E-state index in [2.05, 4.69) is 17.2 Å². The molecule has 0 aliphatic carbocycles. The molecule has 1 heterocycles. The van der Waals surface area contributed by atoms with Crippen molar-refractivity contribution in [2.24, 2.45) is 5.73 Å². The van der Waals surface area contributed by atoms with Crippen LogP contribution in [0.4, 0.5) is 0 Å². The molecule has 0 aromatic heterocycles. The fourth-order valence-electron chi connectivity index (χ4n) is 1.92. The van der Waals surface area contributed by atoms with Gasteiger partial charge in [0.05, 0.1) is 20.3 Å². The fourth-order valence-corrected chi connectivity index (χ4v) is 1.92.